The highest BCUT2D eigenvalue weighted by Crippen LogP contribution is 2.07. The molecular formula is C9H8Cl. The summed E-state index contributed by atoms with van der Waals surface area (Å²) in [6, 6.07) is 9.85. The van der Waals surface area contributed by atoms with Crippen molar-refractivity contribution in [3.8, 4) is 0 Å². The van der Waals surface area contributed by atoms with E-state index in [1.807, 2.05) is 36.4 Å². The molecule has 0 aliphatic heterocycles. The molecule has 51 valence electrons. The highest BCUT2D eigenvalue weighted by atomic mass is 35.5. The van der Waals surface area contributed by atoms with Gasteiger partial charge in [0.25, 0.3) is 0 Å². The fraction of sp³-hybridized carbons (Fsp3) is 0. The number of benzene rings is 1. The van der Waals surface area contributed by atoms with Gasteiger partial charge in [0.2, 0.25) is 0 Å². The highest BCUT2D eigenvalue weighted by Gasteiger charge is 1.83. The van der Waals surface area contributed by atoms with Gasteiger partial charge in [-0.05, 0) is 18.6 Å². The van der Waals surface area contributed by atoms with E-state index in [-0.39, 0.29) is 0 Å². The van der Waals surface area contributed by atoms with E-state index < -0.39 is 0 Å². The summed E-state index contributed by atoms with van der Waals surface area (Å²) >= 11 is 5.56. The number of hydrogen-bond donors (Lipinski definition) is 0. The molecule has 1 aromatic rings. The molecule has 0 aromatic heterocycles. The van der Waals surface area contributed by atoms with Crippen LogP contribution in [-0.4, -0.2) is 0 Å². The molecule has 1 aromatic carbocycles. The second-order valence-electron chi connectivity index (χ2n) is 2.00. The summed E-state index contributed by atoms with van der Waals surface area (Å²) < 4.78 is 0. The monoisotopic (exact) mass is 151 g/mol. The molecule has 0 N–H and O–H groups in total. The van der Waals surface area contributed by atoms with E-state index in [0.29, 0.717) is 5.03 Å². The van der Waals surface area contributed by atoms with Crippen LogP contribution in [0.4, 0.5) is 0 Å². The Morgan fingerprint density at radius 3 is 2.40 bits per heavy atom. The molecule has 0 saturated carbocycles. The van der Waals surface area contributed by atoms with Crippen molar-refractivity contribution in [1.29, 1.82) is 0 Å². The standard InChI is InChI=1S/C9H8Cl/c1-8(10)7-9-5-3-2-4-6-9/h2-7H,1H2/b8-7-. The van der Waals surface area contributed by atoms with E-state index in [4.69, 9.17) is 11.6 Å². The first-order valence-electron chi connectivity index (χ1n) is 3.03. The largest absolute Gasteiger partial charge is 0.0891 e. The zero-order valence-electron chi connectivity index (χ0n) is 5.55. The third-order valence-electron chi connectivity index (χ3n) is 1.12. The summed E-state index contributed by atoms with van der Waals surface area (Å²) in [7, 11) is 0. The van der Waals surface area contributed by atoms with Crippen LogP contribution in [0.2, 0.25) is 0 Å². The Labute approximate surface area is 66.1 Å². The van der Waals surface area contributed by atoms with Crippen molar-refractivity contribution >= 4 is 17.7 Å². The van der Waals surface area contributed by atoms with Crippen molar-refractivity contribution < 1.29 is 0 Å². The van der Waals surface area contributed by atoms with Crippen LogP contribution in [0.15, 0.2) is 35.4 Å². The van der Waals surface area contributed by atoms with E-state index in [9.17, 15) is 0 Å². The minimum absolute atomic E-state index is 0.561. The SMILES string of the molecule is [CH2]/C(Cl)=C/c1ccccc1. The fourth-order valence-electron chi connectivity index (χ4n) is 0.730. The van der Waals surface area contributed by atoms with Gasteiger partial charge in [0.15, 0.2) is 0 Å². The molecule has 0 unspecified atom stereocenters. The molecule has 0 bridgehead atoms. The second kappa shape index (κ2) is 3.43. The van der Waals surface area contributed by atoms with Gasteiger partial charge in [0.1, 0.15) is 0 Å². The summed E-state index contributed by atoms with van der Waals surface area (Å²) in [5.74, 6) is 0. The zero-order valence-corrected chi connectivity index (χ0v) is 6.31. The molecule has 1 rings (SSSR count). The van der Waals surface area contributed by atoms with Crippen molar-refractivity contribution in [2.45, 2.75) is 0 Å². The molecule has 1 heteroatoms. The fourth-order valence-corrected chi connectivity index (χ4v) is 0.856. The molecule has 0 nitrogen and oxygen atoms in total. The van der Waals surface area contributed by atoms with Crippen LogP contribution in [-0.2, 0) is 0 Å². The number of rotatable bonds is 1. The lowest BCUT2D eigenvalue weighted by atomic mass is 10.2. The molecule has 0 amide bonds. The minimum Gasteiger partial charge on any atom is -0.0891 e. The van der Waals surface area contributed by atoms with Gasteiger partial charge >= 0.3 is 0 Å². The lowest BCUT2D eigenvalue weighted by Gasteiger charge is -1.90. The molecular weight excluding hydrogens is 144 g/mol. The van der Waals surface area contributed by atoms with Gasteiger partial charge in [0.05, 0.1) is 0 Å². The summed E-state index contributed by atoms with van der Waals surface area (Å²) in [6.07, 6.45) is 1.82. The maximum Gasteiger partial charge on any atom is 0.0190 e. The van der Waals surface area contributed by atoms with E-state index in [0.717, 1.165) is 5.56 Å². The summed E-state index contributed by atoms with van der Waals surface area (Å²) in [4.78, 5) is 0. The quantitative estimate of drug-likeness (QED) is 0.579. The van der Waals surface area contributed by atoms with Gasteiger partial charge in [0, 0.05) is 5.03 Å². The topological polar surface area (TPSA) is 0 Å². The number of halogens is 1. The molecule has 0 spiro atoms. The predicted molar refractivity (Wildman–Crippen MR) is 45.6 cm³/mol. The van der Waals surface area contributed by atoms with Crippen molar-refractivity contribution in [3.63, 3.8) is 0 Å². The lowest BCUT2D eigenvalue weighted by molar-refractivity contribution is 1.66. The molecule has 0 heterocycles. The third-order valence-corrected chi connectivity index (χ3v) is 1.23. The van der Waals surface area contributed by atoms with E-state index in [1.54, 1.807) is 0 Å². The summed E-state index contributed by atoms with van der Waals surface area (Å²) in [5, 5.41) is 0.561. The average molecular weight is 152 g/mol. The lowest BCUT2D eigenvalue weighted by Crippen LogP contribution is -1.68. The molecule has 10 heavy (non-hydrogen) atoms. The minimum atomic E-state index is 0.561. The first kappa shape index (κ1) is 7.36. The van der Waals surface area contributed by atoms with Crippen molar-refractivity contribution in [3.05, 3.63) is 47.9 Å². The second-order valence-corrected chi connectivity index (χ2v) is 2.49. The van der Waals surface area contributed by atoms with Crippen LogP contribution in [0, 0.1) is 6.92 Å². The van der Waals surface area contributed by atoms with Gasteiger partial charge < -0.3 is 0 Å². The normalized spacial score (nSPS) is 11.6. The third kappa shape index (κ3) is 2.24. The molecule has 0 aliphatic rings. The molecule has 0 saturated heterocycles. The Hall–Kier alpha value is -0.750. The van der Waals surface area contributed by atoms with Crippen LogP contribution >= 0.6 is 11.6 Å². The zero-order chi connectivity index (χ0) is 7.40. The van der Waals surface area contributed by atoms with Crippen LogP contribution in [0.5, 0.6) is 0 Å². The van der Waals surface area contributed by atoms with Crippen LogP contribution in [0.3, 0.4) is 0 Å². The van der Waals surface area contributed by atoms with E-state index >= 15 is 0 Å². The maximum absolute atomic E-state index is 5.56. The van der Waals surface area contributed by atoms with Crippen LogP contribution in [0.1, 0.15) is 5.56 Å². The van der Waals surface area contributed by atoms with E-state index in [2.05, 4.69) is 6.92 Å². The smallest absolute Gasteiger partial charge is 0.0190 e. The van der Waals surface area contributed by atoms with Crippen molar-refractivity contribution in [2.75, 3.05) is 0 Å². The van der Waals surface area contributed by atoms with Gasteiger partial charge in [-0.2, -0.15) is 0 Å². The van der Waals surface area contributed by atoms with Crippen molar-refractivity contribution in [1.82, 2.24) is 0 Å². The van der Waals surface area contributed by atoms with Gasteiger partial charge in [-0.1, -0.05) is 41.9 Å². The average Bonchev–Trinajstić information content (AvgIpc) is 1.88. The molecule has 0 fully saturated rings. The molecule has 0 aliphatic carbocycles. The Balaban J connectivity index is 2.87. The highest BCUT2D eigenvalue weighted by molar-refractivity contribution is 6.32. The maximum atomic E-state index is 5.56. The van der Waals surface area contributed by atoms with Crippen LogP contribution < -0.4 is 0 Å². The Kier molecular flexibility index (Phi) is 2.52. The first-order valence-corrected chi connectivity index (χ1v) is 3.41. The Morgan fingerprint density at radius 2 is 1.90 bits per heavy atom. The summed E-state index contributed by atoms with van der Waals surface area (Å²) in [5.41, 5.74) is 1.09. The van der Waals surface area contributed by atoms with Gasteiger partial charge in [-0.25, -0.2) is 0 Å². The first-order chi connectivity index (χ1) is 4.79. The summed E-state index contributed by atoms with van der Waals surface area (Å²) in [6.45, 7) is 3.56. The van der Waals surface area contributed by atoms with Gasteiger partial charge in [-0.3, -0.25) is 0 Å². The predicted octanol–water partition coefficient (Wildman–Crippen LogP) is 3.10. The van der Waals surface area contributed by atoms with E-state index in [1.165, 1.54) is 0 Å². The number of allylic oxidation sites excluding steroid dienone is 1. The van der Waals surface area contributed by atoms with Crippen LogP contribution in [0.25, 0.3) is 6.08 Å². The molecule has 1 radical (unpaired) electrons. The Bertz CT molecular complexity index is 220. The number of hydrogen-bond acceptors (Lipinski definition) is 0. The Morgan fingerprint density at radius 1 is 1.30 bits per heavy atom. The van der Waals surface area contributed by atoms with Crippen molar-refractivity contribution in [2.24, 2.45) is 0 Å². The molecule has 0 atom stereocenters. The van der Waals surface area contributed by atoms with Gasteiger partial charge in [-0.15, -0.1) is 0 Å².